The van der Waals surface area contributed by atoms with E-state index in [9.17, 15) is 4.39 Å². The third-order valence-corrected chi connectivity index (χ3v) is 7.37. The van der Waals surface area contributed by atoms with Crippen LogP contribution in [0.5, 0.6) is 11.5 Å². The summed E-state index contributed by atoms with van der Waals surface area (Å²) in [7, 11) is 0. The SMILES string of the molecule is CC(c1ccc(C#Cc2ccccc2)cc1)c1ccc(-c2cc(F)cc(Oc3ccc(C#Cc4ccccc4)cc3)c2)cc1. The predicted molar refractivity (Wildman–Crippen MR) is 177 cm³/mol. The zero-order valence-corrected chi connectivity index (χ0v) is 24.3. The summed E-state index contributed by atoms with van der Waals surface area (Å²) in [6, 6.07) is 48.8. The topological polar surface area (TPSA) is 9.23 Å². The maximum absolute atomic E-state index is 14.6. The second-order valence-corrected chi connectivity index (χ2v) is 10.5. The normalized spacial score (nSPS) is 11.0. The third kappa shape index (κ3) is 7.32. The highest BCUT2D eigenvalue weighted by molar-refractivity contribution is 5.66. The van der Waals surface area contributed by atoms with Crippen LogP contribution < -0.4 is 4.74 Å². The number of rotatable bonds is 5. The van der Waals surface area contributed by atoms with E-state index in [1.807, 2.05) is 103 Å². The summed E-state index contributed by atoms with van der Waals surface area (Å²) in [6.45, 7) is 2.19. The summed E-state index contributed by atoms with van der Waals surface area (Å²) in [5, 5.41) is 0. The molecule has 6 rings (SSSR count). The smallest absolute Gasteiger partial charge is 0.130 e. The third-order valence-electron chi connectivity index (χ3n) is 7.37. The minimum atomic E-state index is -0.351. The van der Waals surface area contributed by atoms with Crippen molar-refractivity contribution < 1.29 is 9.13 Å². The first-order chi connectivity index (χ1) is 21.6. The summed E-state index contributed by atoms with van der Waals surface area (Å²) in [5.74, 6) is 13.7. The van der Waals surface area contributed by atoms with Gasteiger partial charge in [0.25, 0.3) is 0 Å². The number of halogens is 1. The Morgan fingerprint density at radius 2 is 0.909 bits per heavy atom. The van der Waals surface area contributed by atoms with Gasteiger partial charge < -0.3 is 4.74 Å². The Bertz CT molecular complexity index is 1970. The van der Waals surface area contributed by atoms with Crippen molar-refractivity contribution in [2.45, 2.75) is 12.8 Å². The average Bonchev–Trinajstić information content (AvgIpc) is 3.08. The minimum Gasteiger partial charge on any atom is -0.457 e. The van der Waals surface area contributed by atoms with Crippen molar-refractivity contribution >= 4 is 0 Å². The lowest BCUT2D eigenvalue weighted by Gasteiger charge is -2.14. The van der Waals surface area contributed by atoms with Gasteiger partial charge in [-0.05, 0) is 95.1 Å². The molecule has 0 aliphatic carbocycles. The van der Waals surface area contributed by atoms with Gasteiger partial charge in [-0.3, -0.25) is 0 Å². The van der Waals surface area contributed by atoms with E-state index in [1.165, 1.54) is 23.3 Å². The molecule has 210 valence electrons. The Morgan fingerprint density at radius 1 is 0.455 bits per heavy atom. The van der Waals surface area contributed by atoms with E-state index in [1.54, 1.807) is 0 Å². The monoisotopic (exact) mass is 568 g/mol. The Hall–Kier alpha value is -5.83. The van der Waals surface area contributed by atoms with Crippen LogP contribution in [0.25, 0.3) is 11.1 Å². The molecule has 0 aromatic heterocycles. The van der Waals surface area contributed by atoms with Crippen molar-refractivity contribution in [2.24, 2.45) is 0 Å². The molecule has 6 aromatic rings. The molecule has 0 radical (unpaired) electrons. The van der Waals surface area contributed by atoms with Crippen LogP contribution in [0.15, 0.2) is 152 Å². The van der Waals surface area contributed by atoms with E-state index >= 15 is 0 Å². The summed E-state index contributed by atoms with van der Waals surface area (Å²) in [5.41, 5.74) is 7.89. The highest BCUT2D eigenvalue weighted by atomic mass is 19.1. The van der Waals surface area contributed by atoms with Crippen molar-refractivity contribution in [1.29, 1.82) is 0 Å². The molecule has 2 heteroatoms. The van der Waals surface area contributed by atoms with Gasteiger partial charge in [-0.15, -0.1) is 0 Å². The maximum atomic E-state index is 14.6. The average molecular weight is 569 g/mol. The van der Waals surface area contributed by atoms with Crippen LogP contribution in [0.3, 0.4) is 0 Å². The minimum absolute atomic E-state index is 0.201. The molecule has 6 aromatic carbocycles. The zero-order chi connectivity index (χ0) is 30.1. The first-order valence-electron chi connectivity index (χ1n) is 14.5. The van der Waals surface area contributed by atoms with E-state index < -0.39 is 0 Å². The molecule has 0 saturated carbocycles. The lowest BCUT2D eigenvalue weighted by Crippen LogP contribution is -1.96. The quantitative estimate of drug-likeness (QED) is 0.188. The maximum Gasteiger partial charge on any atom is 0.130 e. The fraction of sp³-hybridized carbons (Fsp3) is 0.0476. The van der Waals surface area contributed by atoms with Gasteiger partial charge in [-0.25, -0.2) is 4.39 Å². The Morgan fingerprint density at radius 3 is 1.43 bits per heavy atom. The van der Waals surface area contributed by atoms with Crippen LogP contribution in [-0.2, 0) is 0 Å². The van der Waals surface area contributed by atoms with Gasteiger partial charge >= 0.3 is 0 Å². The largest absolute Gasteiger partial charge is 0.457 e. The highest BCUT2D eigenvalue weighted by Gasteiger charge is 2.10. The van der Waals surface area contributed by atoms with Gasteiger partial charge in [0.2, 0.25) is 0 Å². The van der Waals surface area contributed by atoms with Crippen LogP contribution in [0, 0.1) is 29.5 Å². The number of hydrogen-bond donors (Lipinski definition) is 0. The van der Waals surface area contributed by atoms with Crippen LogP contribution >= 0.6 is 0 Å². The van der Waals surface area contributed by atoms with Crippen molar-refractivity contribution in [3.05, 3.63) is 191 Å². The molecule has 0 amide bonds. The fourth-order valence-electron chi connectivity index (χ4n) is 4.87. The summed E-state index contributed by atoms with van der Waals surface area (Å²) >= 11 is 0. The van der Waals surface area contributed by atoms with E-state index in [0.717, 1.165) is 33.4 Å². The summed E-state index contributed by atoms with van der Waals surface area (Å²) in [6.07, 6.45) is 0. The van der Waals surface area contributed by atoms with Gasteiger partial charge in [0, 0.05) is 34.2 Å². The lowest BCUT2D eigenvalue weighted by molar-refractivity contribution is 0.477. The fourth-order valence-corrected chi connectivity index (χ4v) is 4.87. The molecule has 1 unspecified atom stereocenters. The van der Waals surface area contributed by atoms with E-state index in [4.69, 9.17) is 4.74 Å². The number of hydrogen-bond acceptors (Lipinski definition) is 1. The van der Waals surface area contributed by atoms with Crippen molar-refractivity contribution in [1.82, 2.24) is 0 Å². The van der Waals surface area contributed by atoms with Crippen LogP contribution in [0.4, 0.5) is 4.39 Å². The first-order valence-corrected chi connectivity index (χ1v) is 14.5. The van der Waals surface area contributed by atoms with Gasteiger partial charge in [0.05, 0.1) is 0 Å². The standard InChI is InChI=1S/C42H29FO/c1-31(36-20-16-34(17-21-36)14-12-32-8-4-2-5-9-32)37-22-24-38(25-23-37)39-28-40(43)30-42(29-39)44-41-26-18-35(19-27-41)15-13-33-10-6-3-7-11-33/h2-11,16-31H,1H3. The van der Waals surface area contributed by atoms with Crippen LogP contribution in [0.2, 0.25) is 0 Å². The zero-order valence-electron chi connectivity index (χ0n) is 24.3. The Kier molecular flexibility index (Phi) is 8.64. The molecule has 0 aliphatic heterocycles. The first kappa shape index (κ1) is 28.3. The van der Waals surface area contributed by atoms with Crippen molar-refractivity contribution in [2.75, 3.05) is 0 Å². The molecule has 44 heavy (non-hydrogen) atoms. The molecular formula is C42H29FO. The number of ether oxygens (including phenoxy) is 1. The summed E-state index contributed by atoms with van der Waals surface area (Å²) in [4.78, 5) is 0. The van der Waals surface area contributed by atoms with E-state index in [0.29, 0.717) is 11.5 Å². The molecule has 0 aliphatic rings. The molecule has 0 saturated heterocycles. The second kappa shape index (κ2) is 13.4. The van der Waals surface area contributed by atoms with Gasteiger partial charge in [-0.1, -0.05) is 103 Å². The number of benzene rings is 6. The van der Waals surface area contributed by atoms with Gasteiger partial charge in [-0.2, -0.15) is 0 Å². The molecule has 1 atom stereocenters. The molecule has 0 fully saturated rings. The van der Waals surface area contributed by atoms with Gasteiger partial charge in [0.15, 0.2) is 0 Å². The molecule has 0 heterocycles. The Balaban J connectivity index is 1.12. The van der Waals surface area contributed by atoms with Crippen molar-refractivity contribution in [3.63, 3.8) is 0 Å². The molecule has 0 bridgehead atoms. The van der Waals surface area contributed by atoms with Crippen LogP contribution in [-0.4, -0.2) is 0 Å². The Labute approximate surface area is 258 Å². The second-order valence-electron chi connectivity index (χ2n) is 10.5. The molecule has 0 spiro atoms. The molecular weight excluding hydrogens is 539 g/mol. The lowest BCUT2D eigenvalue weighted by atomic mass is 9.91. The predicted octanol–water partition coefficient (Wildman–Crippen LogP) is 10.2. The highest BCUT2D eigenvalue weighted by Crippen LogP contribution is 2.31. The summed E-state index contributed by atoms with van der Waals surface area (Å²) < 4.78 is 20.7. The van der Waals surface area contributed by atoms with E-state index in [-0.39, 0.29) is 11.7 Å². The van der Waals surface area contributed by atoms with Crippen molar-refractivity contribution in [3.8, 4) is 46.3 Å². The van der Waals surface area contributed by atoms with Crippen LogP contribution in [0.1, 0.15) is 46.2 Å². The van der Waals surface area contributed by atoms with E-state index in [2.05, 4.69) is 67.0 Å². The molecule has 1 nitrogen and oxygen atoms in total. The molecule has 0 N–H and O–H groups in total. The van der Waals surface area contributed by atoms with Gasteiger partial charge in [0.1, 0.15) is 17.3 Å².